The van der Waals surface area contributed by atoms with Gasteiger partial charge in [-0.2, -0.15) is 0 Å². The Morgan fingerprint density at radius 1 is 1.27 bits per heavy atom. The number of halogens is 1. The van der Waals surface area contributed by atoms with E-state index >= 15 is 0 Å². The Kier molecular flexibility index (Phi) is 4.69. The summed E-state index contributed by atoms with van der Waals surface area (Å²) in [6.45, 7) is 4.73. The van der Waals surface area contributed by atoms with Crippen LogP contribution in [0.2, 0.25) is 0 Å². The van der Waals surface area contributed by atoms with Gasteiger partial charge in [-0.3, -0.25) is 0 Å². The molecule has 0 radical (unpaired) electrons. The molecule has 1 aromatic carbocycles. The third-order valence-electron chi connectivity index (χ3n) is 3.34. The van der Waals surface area contributed by atoms with Crippen LogP contribution in [0.15, 0.2) is 33.6 Å². The number of rotatable bonds is 5. The Morgan fingerprint density at radius 2 is 1.95 bits per heavy atom. The van der Waals surface area contributed by atoms with Gasteiger partial charge < -0.3 is 9.52 Å². The highest BCUT2D eigenvalue weighted by molar-refractivity contribution is 7.89. The number of nitrogens with one attached hydrogen (secondary N) is 1. The average molecular weight is 327 g/mol. The number of aliphatic hydroxyl groups is 1. The Labute approximate surface area is 128 Å². The number of sulfonamides is 1. The molecule has 2 rings (SSSR count). The molecule has 2 N–H and O–H groups in total. The van der Waals surface area contributed by atoms with E-state index in [0.717, 1.165) is 6.07 Å². The molecule has 0 amide bonds. The lowest BCUT2D eigenvalue weighted by Gasteiger charge is -2.12. The van der Waals surface area contributed by atoms with Gasteiger partial charge >= 0.3 is 0 Å². The molecular weight excluding hydrogens is 309 g/mol. The van der Waals surface area contributed by atoms with Crippen molar-refractivity contribution < 1.29 is 22.3 Å². The zero-order valence-corrected chi connectivity index (χ0v) is 13.4. The van der Waals surface area contributed by atoms with Crippen LogP contribution in [0.25, 0.3) is 0 Å². The summed E-state index contributed by atoms with van der Waals surface area (Å²) in [5.41, 5.74) is 0.778. The average Bonchev–Trinajstić information content (AvgIpc) is 2.78. The van der Waals surface area contributed by atoms with Gasteiger partial charge in [0.05, 0.1) is 11.0 Å². The molecule has 1 heterocycles. The topological polar surface area (TPSA) is 79.5 Å². The quantitative estimate of drug-likeness (QED) is 0.883. The summed E-state index contributed by atoms with van der Waals surface area (Å²) in [5, 5.41) is 10.1. The molecule has 5 nitrogen and oxygen atoms in total. The van der Waals surface area contributed by atoms with Crippen LogP contribution in [0.3, 0.4) is 0 Å². The molecule has 0 aliphatic carbocycles. The molecule has 22 heavy (non-hydrogen) atoms. The number of hydrogen-bond acceptors (Lipinski definition) is 4. The molecule has 0 fully saturated rings. The molecule has 2 aromatic rings. The zero-order chi connectivity index (χ0) is 16.5. The van der Waals surface area contributed by atoms with Crippen LogP contribution in [0.4, 0.5) is 4.39 Å². The van der Waals surface area contributed by atoms with Crippen LogP contribution < -0.4 is 4.72 Å². The SMILES string of the molecule is Cc1cc(C(O)CNS(=O)(=O)c2ccc(F)c(C)c2)c(C)o1. The van der Waals surface area contributed by atoms with E-state index in [2.05, 4.69) is 4.72 Å². The molecular formula is C15H18FNO4S. The van der Waals surface area contributed by atoms with Crippen molar-refractivity contribution in [2.45, 2.75) is 31.8 Å². The van der Waals surface area contributed by atoms with Crippen molar-refractivity contribution in [3.05, 3.63) is 52.7 Å². The first kappa shape index (κ1) is 16.7. The number of aliphatic hydroxyl groups excluding tert-OH is 1. The third kappa shape index (κ3) is 3.55. The first-order valence-electron chi connectivity index (χ1n) is 6.71. The van der Waals surface area contributed by atoms with Crippen molar-refractivity contribution in [1.82, 2.24) is 4.72 Å². The molecule has 0 aliphatic rings. The van der Waals surface area contributed by atoms with Crippen LogP contribution in [0.5, 0.6) is 0 Å². The lowest BCUT2D eigenvalue weighted by molar-refractivity contribution is 0.180. The maximum Gasteiger partial charge on any atom is 0.240 e. The van der Waals surface area contributed by atoms with E-state index in [-0.39, 0.29) is 17.0 Å². The van der Waals surface area contributed by atoms with Gasteiger partial charge in [-0.15, -0.1) is 0 Å². The maximum absolute atomic E-state index is 13.2. The summed E-state index contributed by atoms with van der Waals surface area (Å²) >= 11 is 0. The van der Waals surface area contributed by atoms with Crippen LogP contribution in [-0.2, 0) is 10.0 Å². The van der Waals surface area contributed by atoms with Gasteiger partial charge in [0.25, 0.3) is 0 Å². The second-order valence-corrected chi connectivity index (χ2v) is 6.91. The highest BCUT2D eigenvalue weighted by Crippen LogP contribution is 2.21. The summed E-state index contributed by atoms with van der Waals surface area (Å²) in [5.74, 6) is 0.717. The minimum atomic E-state index is -3.82. The fraction of sp³-hybridized carbons (Fsp3) is 0.333. The predicted octanol–water partition coefficient (Wildman–Crippen LogP) is 2.36. The Balaban J connectivity index is 2.12. The largest absolute Gasteiger partial charge is 0.466 e. The van der Waals surface area contributed by atoms with Gasteiger partial charge in [-0.1, -0.05) is 0 Å². The third-order valence-corrected chi connectivity index (χ3v) is 4.77. The van der Waals surface area contributed by atoms with Crippen LogP contribution in [0.1, 0.15) is 28.8 Å². The molecule has 1 aromatic heterocycles. The Morgan fingerprint density at radius 3 is 2.50 bits per heavy atom. The fourth-order valence-corrected chi connectivity index (χ4v) is 3.27. The highest BCUT2D eigenvalue weighted by atomic mass is 32.2. The van der Waals surface area contributed by atoms with E-state index in [0.29, 0.717) is 17.1 Å². The molecule has 120 valence electrons. The van der Waals surface area contributed by atoms with Gasteiger partial charge in [0.15, 0.2) is 0 Å². The molecule has 0 saturated carbocycles. The fourth-order valence-electron chi connectivity index (χ4n) is 2.15. The number of benzene rings is 1. The van der Waals surface area contributed by atoms with E-state index in [4.69, 9.17) is 4.42 Å². The number of furan rings is 1. The molecule has 7 heteroatoms. The maximum atomic E-state index is 13.2. The number of aryl methyl sites for hydroxylation is 3. The lowest BCUT2D eigenvalue weighted by Crippen LogP contribution is -2.28. The van der Waals surface area contributed by atoms with Gasteiger partial charge in [-0.05, 0) is 50.6 Å². The normalized spacial score (nSPS) is 13.3. The van der Waals surface area contributed by atoms with Crippen LogP contribution >= 0.6 is 0 Å². The van der Waals surface area contributed by atoms with E-state index < -0.39 is 21.9 Å². The Hall–Kier alpha value is -1.70. The molecule has 1 unspecified atom stereocenters. The highest BCUT2D eigenvalue weighted by Gasteiger charge is 2.20. The molecule has 0 aliphatic heterocycles. The minimum absolute atomic E-state index is 0.0429. The summed E-state index contributed by atoms with van der Waals surface area (Å²) in [7, 11) is -3.82. The van der Waals surface area contributed by atoms with Crippen molar-refractivity contribution in [2.24, 2.45) is 0 Å². The first-order valence-corrected chi connectivity index (χ1v) is 8.20. The van der Waals surface area contributed by atoms with E-state index in [1.807, 2.05) is 0 Å². The van der Waals surface area contributed by atoms with Gasteiger partial charge in [-0.25, -0.2) is 17.5 Å². The van der Waals surface area contributed by atoms with Crippen molar-refractivity contribution in [2.75, 3.05) is 6.54 Å². The first-order chi connectivity index (χ1) is 10.2. The van der Waals surface area contributed by atoms with Crippen molar-refractivity contribution in [1.29, 1.82) is 0 Å². The smallest absolute Gasteiger partial charge is 0.240 e. The van der Waals surface area contributed by atoms with Crippen molar-refractivity contribution in [3.8, 4) is 0 Å². The van der Waals surface area contributed by atoms with Crippen molar-refractivity contribution in [3.63, 3.8) is 0 Å². The minimum Gasteiger partial charge on any atom is -0.466 e. The van der Waals surface area contributed by atoms with Gasteiger partial charge in [0.1, 0.15) is 17.3 Å². The Bertz CT molecular complexity index is 783. The second-order valence-electron chi connectivity index (χ2n) is 5.15. The van der Waals surface area contributed by atoms with Crippen LogP contribution in [0, 0.1) is 26.6 Å². The molecule has 0 spiro atoms. The van der Waals surface area contributed by atoms with Crippen molar-refractivity contribution >= 4 is 10.0 Å². The van der Waals surface area contributed by atoms with E-state index in [1.54, 1.807) is 19.9 Å². The molecule has 1 atom stereocenters. The summed E-state index contributed by atoms with van der Waals surface area (Å²) in [6.07, 6.45) is -1.02. The molecule has 0 saturated heterocycles. The monoisotopic (exact) mass is 327 g/mol. The summed E-state index contributed by atoms with van der Waals surface area (Å²) in [4.78, 5) is -0.0429. The lowest BCUT2D eigenvalue weighted by atomic mass is 10.1. The number of hydrogen-bond donors (Lipinski definition) is 2. The summed E-state index contributed by atoms with van der Waals surface area (Å²) < 4.78 is 45.1. The van der Waals surface area contributed by atoms with Gasteiger partial charge in [0.2, 0.25) is 10.0 Å². The van der Waals surface area contributed by atoms with Crippen LogP contribution in [-0.4, -0.2) is 20.1 Å². The second kappa shape index (κ2) is 6.20. The van der Waals surface area contributed by atoms with E-state index in [1.165, 1.54) is 19.1 Å². The van der Waals surface area contributed by atoms with E-state index in [9.17, 15) is 17.9 Å². The summed E-state index contributed by atoms with van der Waals surface area (Å²) in [6, 6.07) is 5.20. The standard InChI is InChI=1S/C15H18FNO4S/c1-9-6-12(4-5-14(9)16)22(19,20)17-8-15(18)13-7-10(2)21-11(13)3/h4-7,15,17-18H,8H2,1-3H3. The molecule has 0 bridgehead atoms. The van der Waals surface area contributed by atoms with Gasteiger partial charge in [0, 0.05) is 12.1 Å². The zero-order valence-electron chi connectivity index (χ0n) is 12.6. The predicted molar refractivity (Wildman–Crippen MR) is 79.5 cm³/mol.